The molecule has 0 saturated heterocycles. The maximum Gasteiger partial charge on any atom is 0.0468 e. The van der Waals surface area contributed by atoms with Crippen LogP contribution in [0.5, 0.6) is 0 Å². The molecule has 4 unspecified atom stereocenters. The number of hydrogen-bond donors (Lipinski definition) is 0. The van der Waals surface area contributed by atoms with Gasteiger partial charge in [-0.3, -0.25) is 0 Å². The summed E-state index contributed by atoms with van der Waals surface area (Å²) in [6.07, 6.45) is 9.99. The highest BCUT2D eigenvalue weighted by Crippen LogP contribution is 2.59. The van der Waals surface area contributed by atoms with Gasteiger partial charge in [0, 0.05) is 22.5 Å². The van der Waals surface area contributed by atoms with Gasteiger partial charge in [-0.1, -0.05) is 142 Å². The van der Waals surface area contributed by atoms with Crippen LogP contribution in [-0.4, -0.2) is 0 Å². The van der Waals surface area contributed by atoms with E-state index in [4.69, 9.17) is 0 Å². The van der Waals surface area contributed by atoms with E-state index >= 15 is 0 Å². The van der Waals surface area contributed by atoms with Gasteiger partial charge in [0.1, 0.15) is 0 Å². The molecule has 1 nitrogen and oxygen atoms in total. The molecular weight excluding hydrogens is 663 g/mol. The predicted octanol–water partition coefficient (Wildman–Crippen LogP) is 14.8. The third-order valence-electron chi connectivity index (χ3n) is 14.5. The molecular formula is C54H49N. The first-order valence-corrected chi connectivity index (χ1v) is 20.8. The molecule has 4 aliphatic rings. The molecule has 0 N–H and O–H groups in total. The van der Waals surface area contributed by atoms with Crippen molar-refractivity contribution >= 4 is 27.8 Å². The Morgan fingerprint density at radius 3 is 2.00 bits per heavy atom. The van der Waals surface area contributed by atoms with Gasteiger partial charge in [-0.15, -0.1) is 0 Å². The minimum Gasteiger partial charge on any atom is -0.310 e. The summed E-state index contributed by atoms with van der Waals surface area (Å²) in [6, 6.07) is 59.7. The van der Waals surface area contributed by atoms with Gasteiger partial charge in [-0.2, -0.15) is 0 Å². The van der Waals surface area contributed by atoms with Gasteiger partial charge in [0.25, 0.3) is 0 Å². The minimum absolute atomic E-state index is 0.0295. The number of hydrogen-bond acceptors (Lipinski definition) is 1. The molecule has 7 aromatic rings. The van der Waals surface area contributed by atoms with E-state index in [1.54, 1.807) is 5.56 Å². The zero-order chi connectivity index (χ0) is 36.7. The van der Waals surface area contributed by atoms with Crippen molar-refractivity contribution in [2.75, 3.05) is 4.90 Å². The van der Waals surface area contributed by atoms with Gasteiger partial charge in [-0.25, -0.2) is 0 Å². The molecule has 0 radical (unpaired) electrons. The van der Waals surface area contributed by atoms with Crippen molar-refractivity contribution in [2.45, 2.75) is 69.6 Å². The summed E-state index contributed by atoms with van der Waals surface area (Å²) < 4.78 is 0. The average Bonchev–Trinajstić information content (AvgIpc) is 3.46. The van der Waals surface area contributed by atoms with Crippen molar-refractivity contribution in [3.63, 3.8) is 0 Å². The van der Waals surface area contributed by atoms with Gasteiger partial charge in [0.05, 0.1) is 0 Å². The largest absolute Gasteiger partial charge is 0.310 e. The third kappa shape index (κ3) is 5.26. The number of benzene rings is 7. The van der Waals surface area contributed by atoms with Crippen molar-refractivity contribution in [2.24, 2.45) is 17.8 Å². The molecule has 0 heterocycles. The fourth-order valence-electron chi connectivity index (χ4n) is 11.9. The monoisotopic (exact) mass is 711 g/mol. The second kappa shape index (κ2) is 12.6. The lowest BCUT2D eigenvalue weighted by Gasteiger charge is -2.55. The van der Waals surface area contributed by atoms with Crippen molar-refractivity contribution in [3.05, 3.63) is 174 Å². The summed E-state index contributed by atoms with van der Waals surface area (Å²) in [5.74, 6) is 2.84. The van der Waals surface area contributed by atoms with Gasteiger partial charge >= 0.3 is 0 Å². The van der Waals surface area contributed by atoms with Crippen LogP contribution < -0.4 is 4.90 Å². The van der Waals surface area contributed by atoms with Crippen molar-refractivity contribution in [1.29, 1.82) is 0 Å². The quantitative estimate of drug-likeness (QED) is 0.166. The first kappa shape index (κ1) is 33.0. The molecule has 3 fully saturated rings. The van der Waals surface area contributed by atoms with Crippen LogP contribution in [0.25, 0.3) is 44.2 Å². The predicted molar refractivity (Wildman–Crippen MR) is 232 cm³/mol. The highest BCUT2D eigenvalue weighted by atomic mass is 15.1. The van der Waals surface area contributed by atoms with E-state index in [0.29, 0.717) is 5.41 Å². The third-order valence-corrected chi connectivity index (χ3v) is 14.5. The molecule has 270 valence electrons. The van der Waals surface area contributed by atoms with Crippen molar-refractivity contribution in [1.82, 2.24) is 0 Å². The highest BCUT2D eigenvalue weighted by Gasteiger charge is 2.49. The Morgan fingerprint density at radius 2 is 1.16 bits per heavy atom. The van der Waals surface area contributed by atoms with Crippen molar-refractivity contribution in [3.8, 4) is 33.4 Å². The smallest absolute Gasteiger partial charge is 0.0468 e. The average molecular weight is 712 g/mol. The van der Waals surface area contributed by atoms with Crippen LogP contribution in [0.15, 0.2) is 158 Å². The Bertz CT molecular complexity index is 2570. The minimum atomic E-state index is -0.0295. The van der Waals surface area contributed by atoms with E-state index in [2.05, 4.69) is 176 Å². The zero-order valence-electron chi connectivity index (χ0n) is 32.1. The van der Waals surface area contributed by atoms with E-state index in [0.717, 1.165) is 17.8 Å². The van der Waals surface area contributed by atoms with Crippen LogP contribution in [0.3, 0.4) is 0 Å². The second-order valence-electron chi connectivity index (χ2n) is 17.8. The van der Waals surface area contributed by atoms with Gasteiger partial charge in [0.15, 0.2) is 0 Å². The number of anilines is 3. The first-order chi connectivity index (χ1) is 26.9. The summed E-state index contributed by atoms with van der Waals surface area (Å²) in [5.41, 5.74) is 16.0. The van der Waals surface area contributed by atoms with E-state index in [9.17, 15) is 0 Å². The summed E-state index contributed by atoms with van der Waals surface area (Å²) in [7, 11) is 0. The molecule has 7 aromatic carbocycles. The SMILES string of the molecule is CC1(C)c2ccccc2-c2cc(N(c3ccc(C45CCC6CCC(CC6C4)C5)cc3)c3cccc(-c4cccc5cccc(-c6ccccc6)c45)c3)ccc21. The Hall–Kier alpha value is -5.40. The van der Waals surface area contributed by atoms with Crippen LogP contribution in [0.1, 0.15) is 75.5 Å². The zero-order valence-corrected chi connectivity index (χ0v) is 32.1. The highest BCUT2D eigenvalue weighted by molar-refractivity contribution is 6.06. The molecule has 4 atom stereocenters. The Balaban J connectivity index is 1.06. The van der Waals surface area contributed by atoms with Crippen LogP contribution >= 0.6 is 0 Å². The second-order valence-corrected chi connectivity index (χ2v) is 17.8. The summed E-state index contributed by atoms with van der Waals surface area (Å²) >= 11 is 0. The maximum atomic E-state index is 2.51. The van der Waals surface area contributed by atoms with Gasteiger partial charge in [0.2, 0.25) is 0 Å². The fourth-order valence-corrected chi connectivity index (χ4v) is 11.9. The molecule has 55 heavy (non-hydrogen) atoms. The lowest BCUT2D eigenvalue weighted by atomic mass is 9.50. The van der Waals surface area contributed by atoms with Crippen LogP contribution in [0.4, 0.5) is 17.1 Å². The normalized spacial score (nSPS) is 23.0. The van der Waals surface area contributed by atoms with E-state index < -0.39 is 0 Å². The Kier molecular flexibility index (Phi) is 7.54. The fraction of sp³-hybridized carbons (Fsp3) is 0.259. The molecule has 0 amide bonds. The Morgan fingerprint density at radius 1 is 0.491 bits per heavy atom. The summed E-state index contributed by atoms with van der Waals surface area (Å²) in [4.78, 5) is 2.51. The molecule has 0 aliphatic heterocycles. The van der Waals surface area contributed by atoms with Crippen LogP contribution in [0, 0.1) is 17.8 Å². The molecule has 0 spiro atoms. The molecule has 0 aromatic heterocycles. The van der Waals surface area contributed by atoms with E-state index in [1.807, 2.05) is 0 Å². The van der Waals surface area contributed by atoms with E-state index in [1.165, 1.54) is 117 Å². The molecule has 4 aliphatic carbocycles. The van der Waals surface area contributed by atoms with Crippen LogP contribution in [-0.2, 0) is 10.8 Å². The summed E-state index contributed by atoms with van der Waals surface area (Å²) in [6.45, 7) is 4.75. The molecule has 1 heteroatoms. The van der Waals surface area contributed by atoms with Gasteiger partial charge in [-0.05, 0) is 159 Å². The number of nitrogens with zero attached hydrogens (tertiary/aromatic N) is 1. The Labute approximate surface area is 326 Å². The lowest BCUT2D eigenvalue weighted by molar-refractivity contribution is 0.00964. The van der Waals surface area contributed by atoms with Crippen molar-refractivity contribution < 1.29 is 0 Å². The number of rotatable bonds is 6. The standard InChI is InChI=1S/C54H49N/c1-53(2)50-20-7-6-17-48(50)49-33-45(27-28-51(49)53)55(43-25-23-42(24-26-43)54-30-29-37-22-21-36(34-54)31-41(37)35-54)44-16-8-15-40(32-44)47-19-10-14-39-13-9-18-46(52(39)47)38-11-4-3-5-12-38/h3-20,23-28,32-33,36-37,41H,21-22,29-31,34-35H2,1-2H3. The van der Waals surface area contributed by atoms with Crippen LogP contribution in [0.2, 0.25) is 0 Å². The van der Waals surface area contributed by atoms with E-state index in [-0.39, 0.29) is 5.41 Å². The topological polar surface area (TPSA) is 3.24 Å². The molecule has 3 saturated carbocycles. The number of fused-ring (bicyclic) bond motifs is 6. The van der Waals surface area contributed by atoms with Gasteiger partial charge < -0.3 is 4.90 Å². The lowest BCUT2D eigenvalue weighted by Crippen LogP contribution is -2.46. The first-order valence-electron chi connectivity index (χ1n) is 20.8. The molecule has 11 rings (SSSR count). The maximum absolute atomic E-state index is 2.51. The summed E-state index contributed by atoms with van der Waals surface area (Å²) in [5, 5.41) is 2.56. The molecule has 3 bridgehead atoms.